The van der Waals surface area contributed by atoms with Gasteiger partial charge in [0.2, 0.25) is 5.91 Å². The number of nitrogens with two attached hydrogens (primary N) is 1. The minimum atomic E-state index is 0.280. The average molecular weight is 290 g/mol. The van der Waals surface area contributed by atoms with Crippen molar-refractivity contribution in [1.82, 2.24) is 4.90 Å². The molecule has 1 saturated heterocycles. The van der Waals surface area contributed by atoms with E-state index in [1.54, 1.807) is 0 Å². The molecule has 0 radical (unpaired) electrons. The number of carbonyl (C=O) groups is 1. The Bertz CT molecular complexity index is 413. The second-order valence-corrected chi connectivity index (χ2v) is 8.21. The van der Waals surface area contributed by atoms with E-state index in [-0.39, 0.29) is 5.92 Å². The van der Waals surface area contributed by atoms with Crippen molar-refractivity contribution in [3.8, 4) is 0 Å². The van der Waals surface area contributed by atoms with Crippen molar-refractivity contribution in [2.24, 2.45) is 28.9 Å². The third kappa shape index (κ3) is 2.15. The molecule has 0 aromatic rings. The standard InChI is InChI=1S/C18H30N2O/c19-16-13-6-7-15(11-13)18(16)8-4-5-14(12-18)17(21)20-9-2-1-3-10-20/h13-16H,1-12,19H2/t13-,14?,15+,16+,18?/m1/s1. The fourth-order valence-corrected chi connectivity index (χ4v) is 6.20. The molecule has 0 aromatic heterocycles. The van der Waals surface area contributed by atoms with Crippen LogP contribution in [0.25, 0.3) is 0 Å². The Hall–Kier alpha value is -0.570. The van der Waals surface area contributed by atoms with Crippen LogP contribution in [0.5, 0.6) is 0 Å². The summed E-state index contributed by atoms with van der Waals surface area (Å²) >= 11 is 0. The minimum Gasteiger partial charge on any atom is -0.342 e. The van der Waals surface area contributed by atoms with Crippen LogP contribution in [0.4, 0.5) is 0 Å². The largest absolute Gasteiger partial charge is 0.342 e. The molecule has 1 spiro atoms. The first-order valence-corrected chi connectivity index (χ1v) is 9.25. The smallest absolute Gasteiger partial charge is 0.225 e. The van der Waals surface area contributed by atoms with E-state index in [4.69, 9.17) is 5.73 Å². The first-order valence-electron chi connectivity index (χ1n) is 9.25. The third-order valence-electron chi connectivity index (χ3n) is 7.30. The summed E-state index contributed by atoms with van der Waals surface area (Å²) in [5, 5.41) is 0. The van der Waals surface area contributed by atoms with Crippen LogP contribution in [0, 0.1) is 23.2 Å². The van der Waals surface area contributed by atoms with Crippen LogP contribution in [0.3, 0.4) is 0 Å². The number of amides is 1. The van der Waals surface area contributed by atoms with Crippen molar-refractivity contribution in [3.63, 3.8) is 0 Å². The predicted molar refractivity (Wildman–Crippen MR) is 83.6 cm³/mol. The Morgan fingerprint density at radius 3 is 2.57 bits per heavy atom. The number of nitrogens with zero attached hydrogens (tertiary/aromatic N) is 1. The van der Waals surface area contributed by atoms with Crippen molar-refractivity contribution >= 4 is 5.91 Å². The summed E-state index contributed by atoms with van der Waals surface area (Å²) in [4.78, 5) is 15.0. The molecule has 3 nitrogen and oxygen atoms in total. The molecule has 3 saturated carbocycles. The van der Waals surface area contributed by atoms with E-state index in [2.05, 4.69) is 4.90 Å². The lowest BCUT2D eigenvalue weighted by atomic mass is 9.59. The molecule has 2 unspecified atom stereocenters. The Balaban J connectivity index is 1.49. The van der Waals surface area contributed by atoms with E-state index in [0.29, 0.717) is 17.4 Å². The molecule has 3 aliphatic carbocycles. The van der Waals surface area contributed by atoms with Gasteiger partial charge >= 0.3 is 0 Å². The SMILES string of the molecule is N[C@H]1[C@@H]2CC[C@@H](C2)C12CCCC(C(=O)N1CCCCC1)C2. The maximum atomic E-state index is 12.9. The summed E-state index contributed by atoms with van der Waals surface area (Å²) < 4.78 is 0. The predicted octanol–water partition coefficient (Wildman–Crippen LogP) is 2.93. The summed E-state index contributed by atoms with van der Waals surface area (Å²) in [6, 6.07) is 0.383. The Kier molecular flexibility index (Phi) is 3.52. The summed E-state index contributed by atoms with van der Waals surface area (Å²) in [6.07, 6.45) is 12.5. The molecule has 4 rings (SSSR count). The van der Waals surface area contributed by atoms with Gasteiger partial charge in [0.25, 0.3) is 0 Å². The highest BCUT2D eigenvalue weighted by Gasteiger charge is 2.58. The number of carbonyl (C=O) groups excluding carboxylic acids is 1. The molecule has 1 amide bonds. The quantitative estimate of drug-likeness (QED) is 0.807. The second kappa shape index (κ2) is 5.26. The Morgan fingerprint density at radius 2 is 1.86 bits per heavy atom. The highest BCUT2D eigenvalue weighted by atomic mass is 16.2. The van der Waals surface area contributed by atoms with E-state index < -0.39 is 0 Å². The van der Waals surface area contributed by atoms with Crippen LogP contribution in [0.15, 0.2) is 0 Å². The molecule has 0 aromatic carbocycles. The van der Waals surface area contributed by atoms with E-state index in [0.717, 1.165) is 37.8 Å². The van der Waals surface area contributed by atoms with Crippen molar-refractivity contribution in [2.75, 3.05) is 13.1 Å². The maximum absolute atomic E-state index is 12.9. The molecule has 3 heteroatoms. The molecule has 4 aliphatic rings. The summed E-state index contributed by atoms with van der Waals surface area (Å²) in [6.45, 7) is 2.00. The number of hydrogen-bond donors (Lipinski definition) is 1. The van der Waals surface area contributed by atoms with Crippen LogP contribution in [-0.2, 0) is 4.79 Å². The zero-order chi connectivity index (χ0) is 14.4. The zero-order valence-corrected chi connectivity index (χ0v) is 13.2. The topological polar surface area (TPSA) is 46.3 Å². The van der Waals surface area contributed by atoms with Crippen molar-refractivity contribution in [1.29, 1.82) is 0 Å². The monoisotopic (exact) mass is 290 g/mol. The van der Waals surface area contributed by atoms with Gasteiger partial charge in [-0.05, 0) is 75.0 Å². The lowest BCUT2D eigenvalue weighted by Gasteiger charge is -2.48. The van der Waals surface area contributed by atoms with Gasteiger partial charge in [-0.3, -0.25) is 4.79 Å². The number of likely N-dealkylation sites (tertiary alicyclic amines) is 1. The van der Waals surface area contributed by atoms with Crippen molar-refractivity contribution < 1.29 is 4.79 Å². The van der Waals surface area contributed by atoms with Crippen molar-refractivity contribution in [3.05, 3.63) is 0 Å². The summed E-state index contributed by atoms with van der Waals surface area (Å²) in [5.74, 6) is 2.33. The van der Waals surface area contributed by atoms with E-state index in [1.165, 1.54) is 51.4 Å². The highest BCUT2D eigenvalue weighted by Crippen LogP contribution is 2.61. The number of fused-ring (bicyclic) bond motifs is 3. The molecule has 21 heavy (non-hydrogen) atoms. The van der Waals surface area contributed by atoms with Gasteiger partial charge in [-0.25, -0.2) is 0 Å². The summed E-state index contributed by atoms with van der Waals surface area (Å²) in [5.41, 5.74) is 6.98. The summed E-state index contributed by atoms with van der Waals surface area (Å²) in [7, 11) is 0. The normalized spacial score (nSPS) is 46.2. The van der Waals surface area contributed by atoms with Crippen LogP contribution >= 0.6 is 0 Å². The fraction of sp³-hybridized carbons (Fsp3) is 0.944. The molecule has 118 valence electrons. The number of piperidine rings is 1. The molecule has 4 fully saturated rings. The number of rotatable bonds is 1. The van der Waals surface area contributed by atoms with E-state index in [9.17, 15) is 4.79 Å². The molecular formula is C18H30N2O. The number of hydrogen-bond acceptors (Lipinski definition) is 2. The van der Waals surface area contributed by atoms with Crippen LogP contribution in [0.2, 0.25) is 0 Å². The maximum Gasteiger partial charge on any atom is 0.225 e. The average Bonchev–Trinajstić information content (AvgIpc) is 3.11. The molecule has 2 bridgehead atoms. The van der Waals surface area contributed by atoms with Crippen molar-refractivity contribution in [2.45, 2.75) is 70.3 Å². The Labute approximate surface area is 128 Å². The highest BCUT2D eigenvalue weighted by molar-refractivity contribution is 5.79. The van der Waals surface area contributed by atoms with Gasteiger partial charge in [0.15, 0.2) is 0 Å². The van der Waals surface area contributed by atoms with Crippen LogP contribution < -0.4 is 5.73 Å². The fourth-order valence-electron chi connectivity index (χ4n) is 6.20. The molecule has 5 atom stereocenters. The first-order chi connectivity index (χ1) is 10.2. The van der Waals surface area contributed by atoms with E-state index in [1.807, 2.05) is 0 Å². The van der Waals surface area contributed by atoms with Gasteiger partial charge in [-0.15, -0.1) is 0 Å². The van der Waals surface area contributed by atoms with Crippen LogP contribution in [-0.4, -0.2) is 29.9 Å². The first kappa shape index (κ1) is 14.0. The van der Waals surface area contributed by atoms with Gasteiger partial charge < -0.3 is 10.6 Å². The molecule has 2 N–H and O–H groups in total. The lowest BCUT2D eigenvalue weighted by molar-refractivity contribution is -0.140. The van der Waals surface area contributed by atoms with Gasteiger partial charge in [-0.2, -0.15) is 0 Å². The van der Waals surface area contributed by atoms with Gasteiger partial charge in [0.05, 0.1) is 0 Å². The minimum absolute atomic E-state index is 0.280. The van der Waals surface area contributed by atoms with Gasteiger partial charge in [-0.1, -0.05) is 6.42 Å². The van der Waals surface area contributed by atoms with Crippen LogP contribution in [0.1, 0.15) is 64.2 Å². The second-order valence-electron chi connectivity index (χ2n) is 8.21. The third-order valence-corrected chi connectivity index (χ3v) is 7.30. The molecular weight excluding hydrogens is 260 g/mol. The zero-order valence-electron chi connectivity index (χ0n) is 13.2. The van der Waals surface area contributed by atoms with Gasteiger partial charge in [0.1, 0.15) is 0 Å². The Morgan fingerprint density at radius 1 is 1.05 bits per heavy atom. The molecule has 1 aliphatic heterocycles. The molecule has 1 heterocycles. The lowest BCUT2D eigenvalue weighted by Crippen LogP contribution is -2.51. The van der Waals surface area contributed by atoms with Gasteiger partial charge in [0, 0.05) is 25.0 Å². The van der Waals surface area contributed by atoms with E-state index >= 15 is 0 Å².